The second-order valence-electron chi connectivity index (χ2n) is 7.99. The lowest BCUT2D eigenvalue weighted by molar-refractivity contribution is -0.142. The van der Waals surface area contributed by atoms with Crippen molar-refractivity contribution >= 4 is 23.2 Å². The van der Waals surface area contributed by atoms with Crippen LogP contribution in [0.1, 0.15) is 31.5 Å². The van der Waals surface area contributed by atoms with Crippen LogP contribution in [0.3, 0.4) is 0 Å². The number of carbonyl (C=O) groups is 2. The standard InChI is InChI=1S/C22H29N3O4S/c1-15(2)11-19(22(27)28)24-20(26)12-18-14-30-21(23-18)17-5-3-16(4-6-17)13-25-7-9-29-10-8-25/h3-6,14-15,19H,7-13H2,1-2H3,(H,24,26)(H,27,28). The first-order valence-corrected chi connectivity index (χ1v) is 11.1. The molecule has 1 aromatic heterocycles. The number of benzene rings is 1. The molecule has 8 heteroatoms. The Balaban J connectivity index is 1.56. The minimum absolute atomic E-state index is 0.0769. The third kappa shape index (κ3) is 6.62. The van der Waals surface area contributed by atoms with Gasteiger partial charge in [-0.15, -0.1) is 11.3 Å². The highest BCUT2D eigenvalue weighted by Crippen LogP contribution is 2.24. The van der Waals surface area contributed by atoms with Crippen molar-refractivity contribution < 1.29 is 19.4 Å². The van der Waals surface area contributed by atoms with Crippen molar-refractivity contribution in [3.8, 4) is 10.6 Å². The van der Waals surface area contributed by atoms with Crippen LogP contribution in [-0.4, -0.2) is 59.2 Å². The number of thiazole rings is 1. The number of nitrogens with zero attached hydrogens (tertiary/aromatic N) is 2. The number of hydrogen-bond donors (Lipinski definition) is 2. The minimum atomic E-state index is -1.01. The second-order valence-corrected chi connectivity index (χ2v) is 8.85. The molecule has 7 nitrogen and oxygen atoms in total. The van der Waals surface area contributed by atoms with Crippen LogP contribution in [0.4, 0.5) is 0 Å². The molecule has 2 N–H and O–H groups in total. The number of morpholine rings is 1. The van der Waals surface area contributed by atoms with E-state index in [0.717, 1.165) is 43.4 Å². The molecule has 2 heterocycles. The number of aliphatic carboxylic acids is 1. The van der Waals surface area contributed by atoms with Crippen molar-refractivity contribution in [2.75, 3.05) is 26.3 Å². The van der Waals surface area contributed by atoms with Crippen molar-refractivity contribution in [3.05, 3.63) is 40.9 Å². The summed E-state index contributed by atoms with van der Waals surface area (Å²) in [6.45, 7) is 8.27. The number of carboxylic acids is 1. The molecule has 1 saturated heterocycles. The topological polar surface area (TPSA) is 91.8 Å². The van der Waals surface area contributed by atoms with E-state index < -0.39 is 12.0 Å². The zero-order valence-electron chi connectivity index (χ0n) is 17.5. The molecule has 1 aromatic carbocycles. The fourth-order valence-corrected chi connectivity index (χ4v) is 4.22. The first kappa shape index (κ1) is 22.4. The normalized spacial score (nSPS) is 15.8. The lowest BCUT2D eigenvalue weighted by Gasteiger charge is -2.26. The first-order chi connectivity index (χ1) is 14.4. The van der Waals surface area contributed by atoms with E-state index in [1.807, 2.05) is 19.2 Å². The van der Waals surface area contributed by atoms with Gasteiger partial charge < -0.3 is 15.2 Å². The molecule has 1 aliphatic rings. The van der Waals surface area contributed by atoms with E-state index in [-0.39, 0.29) is 18.2 Å². The van der Waals surface area contributed by atoms with Crippen LogP contribution in [0, 0.1) is 5.92 Å². The summed E-state index contributed by atoms with van der Waals surface area (Å²) in [5, 5.41) is 14.6. The summed E-state index contributed by atoms with van der Waals surface area (Å²) in [6, 6.07) is 7.47. The highest BCUT2D eigenvalue weighted by Gasteiger charge is 2.21. The Morgan fingerprint density at radius 1 is 1.23 bits per heavy atom. The summed E-state index contributed by atoms with van der Waals surface area (Å²) in [5.41, 5.74) is 2.92. The van der Waals surface area contributed by atoms with Gasteiger partial charge in [0.1, 0.15) is 11.0 Å². The molecule has 162 valence electrons. The zero-order valence-corrected chi connectivity index (χ0v) is 18.3. The van der Waals surface area contributed by atoms with E-state index >= 15 is 0 Å². The number of carbonyl (C=O) groups excluding carboxylic acids is 1. The van der Waals surface area contributed by atoms with Gasteiger partial charge in [0.15, 0.2) is 0 Å². The Morgan fingerprint density at radius 2 is 1.93 bits per heavy atom. The number of hydrogen-bond acceptors (Lipinski definition) is 6. The van der Waals surface area contributed by atoms with Crippen LogP contribution in [0.25, 0.3) is 10.6 Å². The fourth-order valence-electron chi connectivity index (χ4n) is 3.39. The third-order valence-corrected chi connectivity index (χ3v) is 5.88. The Bertz CT molecular complexity index is 844. The molecule has 30 heavy (non-hydrogen) atoms. The SMILES string of the molecule is CC(C)CC(NC(=O)Cc1csc(-c2ccc(CN3CCOCC3)cc2)n1)C(=O)O. The van der Waals surface area contributed by atoms with Gasteiger partial charge in [0.25, 0.3) is 0 Å². The molecule has 1 aliphatic heterocycles. The largest absolute Gasteiger partial charge is 0.480 e. The first-order valence-electron chi connectivity index (χ1n) is 10.3. The lowest BCUT2D eigenvalue weighted by atomic mass is 10.0. The summed E-state index contributed by atoms with van der Waals surface area (Å²) in [7, 11) is 0. The summed E-state index contributed by atoms with van der Waals surface area (Å²) in [4.78, 5) is 30.5. The minimum Gasteiger partial charge on any atom is -0.480 e. The van der Waals surface area contributed by atoms with Crippen molar-refractivity contribution in [3.63, 3.8) is 0 Å². The zero-order chi connectivity index (χ0) is 21.5. The van der Waals surface area contributed by atoms with Crippen molar-refractivity contribution in [1.29, 1.82) is 0 Å². The molecule has 1 fully saturated rings. The van der Waals surface area contributed by atoms with Gasteiger partial charge in [-0.25, -0.2) is 9.78 Å². The molecule has 0 bridgehead atoms. The Labute approximate surface area is 181 Å². The predicted octanol–water partition coefficient (Wildman–Crippen LogP) is 2.80. The van der Waals surface area contributed by atoms with Crippen LogP contribution >= 0.6 is 11.3 Å². The van der Waals surface area contributed by atoms with E-state index in [2.05, 4.69) is 39.5 Å². The van der Waals surface area contributed by atoms with E-state index in [4.69, 9.17) is 4.74 Å². The van der Waals surface area contributed by atoms with Crippen LogP contribution in [-0.2, 0) is 27.3 Å². The molecule has 1 atom stereocenters. The van der Waals surface area contributed by atoms with Crippen LogP contribution in [0.15, 0.2) is 29.6 Å². The number of rotatable bonds is 9. The monoisotopic (exact) mass is 431 g/mol. The van der Waals surface area contributed by atoms with Gasteiger partial charge in [0, 0.05) is 30.6 Å². The number of ether oxygens (including phenoxy) is 1. The Kier molecular flexibility index (Phi) is 7.95. The van der Waals surface area contributed by atoms with Gasteiger partial charge in [0.2, 0.25) is 5.91 Å². The van der Waals surface area contributed by atoms with Gasteiger partial charge in [-0.1, -0.05) is 38.1 Å². The molecule has 1 amide bonds. The summed E-state index contributed by atoms with van der Waals surface area (Å²) in [5.74, 6) is -1.14. The quantitative estimate of drug-likeness (QED) is 0.634. The maximum Gasteiger partial charge on any atom is 0.326 e. The van der Waals surface area contributed by atoms with E-state index in [0.29, 0.717) is 12.1 Å². The highest BCUT2D eigenvalue weighted by molar-refractivity contribution is 7.13. The van der Waals surface area contributed by atoms with Crippen molar-refractivity contribution in [2.45, 2.75) is 39.3 Å². The smallest absolute Gasteiger partial charge is 0.326 e. The maximum absolute atomic E-state index is 12.3. The third-order valence-electron chi connectivity index (χ3n) is 4.94. The van der Waals surface area contributed by atoms with E-state index in [1.165, 1.54) is 16.9 Å². The summed E-state index contributed by atoms with van der Waals surface area (Å²) >= 11 is 1.49. The molecule has 0 aliphatic carbocycles. The Hall–Kier alpha value is -2.29. The average Bonchev–Trinajstić information content (AvgIpc) is 3.16. The Morgan fingerprint density at radius 3 is 2.57 bits per heavy atom. The van der Waals surface area contributed by atoms with Gasteiger partial charge in [-0.2, -0.15) is 0 Å². The van der Waals surface area contributed by atoms with Gasteiger partial charge in [-0.3, -0.25) is 9.69 Å². The second kappa shape index (κ2) is 10.7. The van der Waals surface area contributed by atoms with E-state index in [1.54, 1.807) is 0 Å². The number of amides is 1. The highest BCUT2D eigenvalue weighted by atomic mass is 32.1. The molecule has 0 radical (unpaired) electrons. The number of aromatic nitrogens is 1. The average molecular weight is 432 g/mol. The number of carboxylic acid groups (broad SMARTS) is 1. The van der Waals surface area contributed by atoms with Crippen LogP contribution in [0.2, 0.25) is 0 Å². The van der Waals surface area contributed by atoms with Crippen molar-refractivity contribution in [1.82, 2.24) is 15.2 Å². The van der Waals surface area contributed by atoms with Gasteiger partial charge in [-0.05, 0) is 17.9 Å². The maximum atomic E-state index is 12.3. The molecular formula is C22H29N3O4S. The molecule has 2 aromatic rings. The predicted molar refractivity (Wildman–Crippen MR) is 116 cm³/mol. The van der Waals surface area contributed by atoms with Crippen molar-refractivity contribution in [2.24, 2.45) is 5.92 Å². The van der Waals surface area contributed by atoms with Crippen LogP contribution < -0.4 is 5.32 Å². The molecule has 0 spiro atoms. The molecule has 0 saturated carbocycles. The lowest BCUT2D eigenvalue weighted by Crippen LogP contribution is -2.42. The van der Waals surface area contributed by atoms with Crippen LogP contribution in [0.5, 0.6) is 0 Å². The molecule has 1 unspecified atom stereocenters. The number of nitrogens with one attached hydrogen (secondary N) is 1. The van der Waals surface area contributed by atoms with Gasteiger partial charge >= 0.3 is 5.97 Å². The van der Waals surface area contributed by atoms with E-state index in [9.17, 15) is 14.7 Å². The molecular weight excluding hydrogens is 402 g/mol. The summed E-state index contributed by atoms with van der Waals surface area (Å²) in [6.07, 6.45) is 0.480. The fraction of sp³-hybridized carbons (Fsp3) is 0.500. The molecule has 3 rings (SSSR count). The van der Waals surface area contributed by atoms with Gasteiger partial charge in [0.05, 0.1) is 25.3 Å². The summed E-state index contributed by atoms with van der Waals surface area (Å²) < 4.78 is 5.39.